The van der Waals surface area contributed by atoms with Crippen LogP contribution in [0.3, 0.4) is 0 Å². The Kier molecular flexibility index (Phi) is 4.35. The van der Waals surface area contributed by atoms with Crippen LogP contribution < -0.4 is 0 Å². The van der Waals surface area contributed by atoms with E-state index >= 15 is 0 Å². The molecule has 0 radical (unpaired) electrons. The fourth-order valence-electron chi connectivity index (χ4n) is 2.23. The minimum atomic E-state index is 0.671. The van der Waals surface area contributed by atoms with Gasteiger partial charge in [0, 0.05) is 0 Å². The largest absolute Gasteiger partial charge is 0.103 e. The molecular formula is C18H20. The van der Waals surface area contributed by atoms with Crippen molar-refractivity contribution >= 4 is 0 Å². The second-order valence-electron chi connectivity index (χ2n) is 4.90. The summed E-state index contributed by atoms with van der Waals surface area (Å²) in [6.45, 7) is 6.07. The molecule has 0 saturated heterocycles. The minimum Gasteiger partial charge on any atom is -0.103 e. The molecule has 1 atom stereocenters. The van der Waals surface area contributed by atoms with Crippen molar-refractivity contribution in [3.63, 3.8) is 0 Å². The van der Waals surface area contributed by atoms with Crippen molar-refractivity contribution in [3.05, 3.63) is 72.8 Å². The Morgan fingerprint density at radius 2 is 1.56 bits per heavy atom. The summed E-state index contributed by atoms with van der Waals surface area (Å²) in [6, 6.07) is 19.4. The first kappa shape index (κ1) is 12.6. The topological polar surface area (TPSA) is 0 Å². The molecule has 0 heteroatoms. The first-order valence-corrected chi connectivity index (χ1v) is 6.55. The maximum atomic E-state index is 3.80. The van der Waals surface area contributed by atoms with Crippen molar-refractivity contribution in [2.75, 3.05) is 0 Å². The Labute approximate surface area is 110 Å². The van der Waals surface area contributed by atoms with E-state index in [0.717, 1.165) is 12.8 Å². The van der Waals surface area contributed by atoms with Crippen molar-refractivity contribution in [3.8, 4) is 11.1 Å². The fourth-order valence-corrected chi connectivity index (χ4v) is 2.23. The van der Waals surface area contributed by atoms with Crippen LogP contribution >= 0.6 is 0 Å². The van der Waals surface area contributed by atoms with E-state index in [9.17, 15) is 0 Å². The van der Waals surface area contributed by atoms with Crippen LogP contribution in [0.1, 0.15) is 18.9 Å². The van der Waals surface area contributed by atoms with Crippen LogP contribution in [0.5, 0.6) is 0 Å². The van der Waals surface area contributed by atoms with E-state index in [4.69, 9.17) is 0 Å². The van der Waals surface area contributed by atoms with Crippen molar-refractivity contribution in [1.29, 1.82) is 0 Å². The van der Waals surface area contributed by atoms with E-state index in [1.165, 1.54) is 16.7 Å². The highest BCUT2D eigenvalue weighted by Gasteiger charge is 2.02. The molecule has 0 bridgehead atoms. The van der Waals surface area contributed by atoms with Gasteiger partial charge in [0.15, 0.2) is 0 Å². The maximum absolute atomic E-state index is 3.80. The molecule has 18 heavy (non-hydrogen) atoms. The fraction of sp³-hybridized carbons (Fsp3) is 0.222. The summed E-state index contributed by atoms with van der Waals surface area (Å²) in [6.07, 6.45) is 4.21. The molecule has 0 spiro atoms. The lowest BCUT2D eigenvalue weighted by Crippen LogP contribution is -1.97. The molecule has 92 valence electrons. The molecule has 0 aliphatic heterocycles. The number of rotatable bonds is 5. The average molecular weight is 236 g/mol. The van der Waals surface area contributed by atoms with Gasteiger partial charge in [-0.15, -0.1) is 6.58 Å². The zero-order chi connectivity index (χ0) is 12.8. The highest BCUT2D eigenvalue weighted by atomic mass is 14.1. The molecule has 0 nitrogen and oxygen atoms in total. The molecule has 2 aromatic carbocycles. The predicted octanol–water partition coefficient (Wildman–Crippen LogP) is 5.11. The van der Waals surface area contributed by atoms with Gasteiger partial charge in [0.1, 0.15) is 0 Å². The van der Waals surface area contributed by atoms with Gasteiger partial charge in [0.05, 0.1) is 0 Å². The van der Waals surface area contributed by atoms with Crippen LogP contribution in [0.15, 0.2) is 67.3 Å². The predicted molar refractivity (Wildman–Crippen MR) is 79.6 cm³/mol. The molecular weight excluding hydrogens is 216 g/mol. The Balaban J connectivity index is 2.08. The van der Waals surface area contributed by atoms with E-state index in [1.54, 1.807) is 0 Å². The third-order valence-corrected chi connectivity index (χ3v) is 3.21. The Morgan fingerprint density at radius 3 is 2.17 bits per heavy atom. The van der Waals surface area contributed by atoms with Crippen molar-refractivity contribution in [1.82, 2.24) is 0 Å². The van der Waals surface area contributed by atoms with Crippen LogP contribution in [0.25, 0.3) is 11.1 Å². The van der Waals surface area contributed by atoms with Crippen molar-refractivity contribution in [2.24, 2.45) is 5.92 Å². The molecule has 2 aromatic rings. The van der Waals surface area contributed by atoms with Gasteiger partial charge in [-0.3, -0.25) is 0 Å². The zero-order valence-corrected chi connectivity index (χ0v) is 11.0. The molecule has 1 unspecified atom stereocenters. The van der Waals surface area contributed by atoms with Crippen LogP contribution in [-0.4, -0.2) is 0 Å². The van der Waals surface area contributed by atoms with E-state index in [0.29, 0.717) is 5.92 Å². The van der Waals surface area contributed by atoms with E-state index in [-0.39, 0.29) is 0 Å². The van der Waals surface area contributed by atoms with Crippen molar-refractivity contribution in [2.45, 2.75) is 19.8 Å². The van der Waals surface area contributed by atoms with Gasteiger partial charge in [0.25, 0.3) is 0 Å². The summed E-state index contributed by atoms with van der Waals surface area (Å²) in [5.74, 6) is 0.671. The van der Waals surface area contributed by atoms with Crippen molar-refractivity contribution < 1.29 is 0 Å². The molecule has 0 saturated carbocycles. The Hall–Kier alpha value is -1.82. The maximum Gasteiger partial charge on any atom is -0.0184 e. The van der Waals surface area contributed by atoms with Gasteiger partial charge in [-0.05, 0) is 35.4 Å². The van der Waals surface area contributed by atoms with Crippen LogP contribution in [0.2, 0.25) is 0 Å². The summed E-state index contributed by atoms with van der Waals surface area (Å²) in [7, 11) is 0. The first-order valence-electron chi connectivity index (χ1n) is 6.55. The zero-order valence-electron chi connectivity index (χ0n) is 11.0. The lowest BCUT2D eigenvalue weighted by Gasteiger charge is -2.09. The second kappa shape index (κ2) is 6.20. The number of hydrogen-bond donors (Lipinski definition) is 0. The Morgan fingerprint density at radius 1 is 0.944 bits per heavy atom. The van der Waals surface area contributed by atoms with Crippen LogP contribution in [0.4, 0.5) is 0 Å². The highest BCUT2D eigenvalue weighted by molar-refractivity contribution is 5.63. The summed E-state index contributed by atoms with van der Waals surface area (Å²) < 4.78 is 0. The quantitative estimate of drug-likeness (QED) is 0.633. The standard InChI is InChI=1S/C18H20/c1-3-7-15(2)14-16-10-12-18(13-11-16)17-8-5-4-6-9-17/h3-6,8-13,15H,1,7,14H2,2H3. The summed E-state index contributed by atoms with van der Waals surface area (Å²) in [5.41, 5.74) is 3.97. The third kappa shape index (κ3) is 3.33. The smallest absolute Gasteiger partial charge is 0.0184 e. The van der Waals surface area contributed by atoms with Gasteiger partial charge >= 0.3 is 0 Å². The normalized spacial score (nSPS) is 12.1. The Bertz CT molecular complexity index is 479. The minimum absolute atomic E-state index is 0.671. The highest BCUT2D eigenvalue weighted by Crippen LogP contribution is 2.20. The third-order valence-electron chi connectivity index (χ3n) is 3.21. The van der Waals surface area contributed by atoms with Gasteiger partial charge in [-0.1, -0.05) is 67.6 Å². The monoisotopic (exact) mass is 236 g/mol. The second-order valence-corrected chi connectivity index (χ2v) is 4.90. The van der Waals surface area contributed by atoms with Gasteiger partial charge in [-0.2, -0.15) is 0 Å². The van der Waals surface area contributed by atoms with E-state index in [2.05, 4.69) is 68.1 Å². The summed E-state index contributed by atoms with van der Waals surface area (Å²) >= 11 is 0. The molecule has 0 aliphatic carbocycles. The van der Waals surface area contributed by atoms with Gasteiger partial charge < -0.3 is 0 Å². The molecule has 0 N–H and O–H groups in total. The van der Waals surface area contributed by atoms with Gasteiger partial charge in [0.2, 0.25) is 0 Å². The first-order chi connectivity index (χ1) is 8.79. The van der Waals surface area contributed by atoms with Crippen LogP contribution in [-0.2, 0) is 6.42 Å². The lowest BCUT2D eigenvalue weighted by atomic mass is 9.96. The average Bonchev–Trinajstić information content (AvgIpc) is 2.41. The van der Waals surface area contributed by atoms with E-state index in [1.807, 2.05) is 6.08 Å². The molecule has 2 rings (SSSR count). The molecule has 0 aromatic heterocycles. The summed E-state index contributed by atoms with van der Waals surface area (Å²) in [4.78, 5) is 0. The number of benzene rings is 2. The molecule has 0 amide bonds. The molecule has 0 heterocycles. The van der Waals surface area contributed by atoms with E-state index < -0.39 is 0 Å². The number of allylic oxidation sites excluding steroid dienone is 1. The molecule has 0 fully saturated rings. The SMILES string of the molecule is C=CCC(C)Cc1ccc(-c2ccccc2)cc1. The summed E-state index contributed by atoms with van der Waals surface area (Å²) in [5, 5.41) is 0. The lowest BCUT2D eigenvalue weighted by molar-refractivity contribution is 0.590. The number of hydrogen-bond acceptors (Lipinski definition) is 0. The molecule has 0 aliphatic rings. The van der Waals surface area contributed by atoms with Gasteiger partial charge in [-0.25, -0.2) is 0 Å². The van der Waals surface area contributed by atoms with Crippen LogP contribution in [0, 0.1) is 5.92 Å².